The molecule has 1 aliphatic rings. The smallest absolute Gasteiger partial charge is 0.296 e. The van der Waals surface area contributed by atoms with E-state index in [4.69, 9.17) is 8.94 Å². The Bertz CT molecular complexity index is 1390. The van der Waals surface area contributed by atoms with Crippen molar-refractivity contribution in [2.24, 2.45) is 0 Å². The fraction of sp³-hybridized carbons (Fsp3) is 0.174. The summed E-state index contributed by atoms with van der Waals surface area (Å²) < 4.78 is 24.6. The monoisotopic (exact) mass is 404 g/mol. The van der Waals surface area contributed by atoms with Crippen molar-refractivity contribution in [1.82, 2.24) is 5.16 Å². The number of nitrogens with zero attached hydrogens (tertiary/aromatic N) is 2. The van der Waals surface area contributed by atoms with Gasteiger partial charge in [0.2, 0.25) is 5.76 Å². The molecule has 30 heavy (non-hydrogen) atoms. The lowest BCUT2D eigenvalue weighted by atomic mass is 9.97. The summed E-state index contributed by atoms with van der Waals surface area (Å²) in [6.07, 6.45) is 0. The topological polar surface area (TPSA) is 76.6 Å². The van der Waals surface area contributed by atoms with Crippen molar-refractivity contribution in [1.29, 1.82) is 0 Å². The van der Waals surface area contributed by atoms with Crippen LogP contribution in [-0.4, -0.2) is 11.1 Å². The molecule has 1 aliphatic heterocycles. The molecule has 0 saturated carbocycles. The summed E-state index contributed by atoms with van der Waals surface area (Å²) in [4.78, 5) is 28.2. The number of carbonyl (C=O) groups excluding carboxylic acids is 1. The van der Waals surface area contributed by atoms with Crippen LogP contribution < -0.4 is 10.3 Å². The van der Waals surface area contributed by atoms with Gasteiger partial charge in [0.15, 0.2) is 11.2 Å². The van der Waals surface area contributed by atoms with E-state index in [9.17, 15) is 14.0 Å². The van der Waals surface area contributed by atoms with Crippen LogP contribution in [0.2, 0.25) is 0 Å². The Balaban J connectivity index is 1.83. The predicted octanol–water partition coefficient (Wildman–Crippen LogP) is 4.60. The lowest BCUT2D eigenvalue weighted by Gasteiger charge is -2.22. The maximum Gasteiger partial charge on any atom is 0.296 e. The Morgan fingerprint density at radius 3 is 2.37 bits per heavy atom. The van der Waals surface area contributed by atoms with Crippen molar-refractivity contribution in [3.05, 3.63) is 92.3 Å². The van der Waals surface area contributed by atoms with Crippen LogP contribution >= 0.6 is 0 Å². The van der Waals surface area contributed by atoms with E-state index < -0.39 is 17.8 Å². The van der Waals surface area contributed by atoms with Crippen LogP contribution in [0.15, 0.2) is 56.2 Å². The van der Waals surface area contributed by atoms with Gasteiger partial charge in [-0.3, -0.25) is 14.5 Å². The Morgan fingerprint density at radius 1 is 1.00 bits per heavy atom. The lowest BCUT2D eigenvalue weighted by molar-refractivity contribution is 0.0969. The third-order valence-electron chi connectivity index (χ3n) is 5.53. The number of hydrogen-bond acceptors (Lipinski definition) is 5. The van der Waals surface area contributed by atoms with Gasteiger partial charge in [0.1, 0.15) is 17.2 Å². The molecule has 0 aliphatic carbocycles. The van der Waals surface area contributed by atoms with Crippen LogP contribution in [-0.2, 0) is 0 Å². The molecule has 0 saturated heterocycles. The van der Waals surface area contributed by atoms with Gasteiger partial charge in [-0.05, 0) is 61.7 Å². The minimum absolute atomic E-state index is 0.0364. The number of anilines is 1. The van der Waals surface area contributed by atoms with E-state index in [0.717, 1.165) is 11.1 Å². The first-order valence-electron chi connectivity index (χ1n) is 9.45. The normalized spacial score (nSPS) is 15.8. The molecule has 2 aromatic heterocycles. The van der Waals surface area contributed by atoms with Crippen molar-refractivity contribution in [3.8, 4) is 0 Å². The quantitative estimate of drug-likeness (QED) is 0.488. The van der Waals surface area contributed by atoms with Gasteiger partial charge in [-0.2, -0.15) is 0 Å². The molecule has 150 valence electrons. The highest BCUT2D eigenvalue weighted by molar-refractivity contribution is 6.10. The number of fused-ring (bicyclic) bond motifs is 2. The number of rotatable bonds is 2. The largest absolute Gasteiger partial charge is 0.450 e. The second-order valence-electron chi connectivity index (χ2n) is 7.53. The molecule has 3 heterocycles. The van der Waals surface area contributed by atoms with Crippen LogP contribution in [0, 0.1) is 26.6 Å². The van der Waals surface area contributed by atoms with Crippen molar-refractivity contribution < 1.29 is 18.1 Å². The summed E-state index contributed by atoms with van der Waals surface area (Å²) in [5.41, 5.74) is 2.74. The molecule has 0 fully saturated rings. The SMILES string of the molecule is Cc1cc(N2C(=O)c3oc4cc(C)c(C)cc4c(=O)c3[C@H]2c2ccc(F)cc2)no1. The van der Waals surface area contributed by atoms with Gasteiger partial charge in [0.05, 0.1) is 17.0 Å². The molecule has 2 aromatic carbocycles. The van der Waals surface area contributed by atoms with E-state index in [1.165, 1.54) is 17.0 Å². The molecule has 0 bridgehead atoms. The highest BCUT2D eigenvalue weighted by Crippen LogP contribution is 2.41. The Kier molecular flexibility index (Phi) is 3.89. The molecule has 0 unspecified atom stereocenters. The maximum absolute atomic E-state index is 13.6. The number of halogens is 1. The first-order chi connectivity index (χ1) is 14.3. The summed E-state index contributed by atoms with van der Waals surface area (Å²) in [6.45, 7) is 5.53. The number of aromatic nitrogens is 1. The molecular weight excluding hydrogens is 387 g/mol. The molecule has 0 spiro atoms. The number of aryl methyl sites for hydroxylation is 3. The fourth-order valence-electron chi connectivity index (χ4n) is 3.89. The van der Waals surface area contributed by atoms with Gasteiger partial charge in [0, 0.05) is 6.07 Å². The first kappa shape index (κ1) is 18.3. The van der Waals surface area contributed by atoms with Gasteiger partial charge in [-0.25, -0.2) is 4.39 Å². The molecule has 1 amide bonds. The zero-order valence-corrected chi connectivity index (χ0v) is 16.5. The molecule has 0 radical (unpaired) electrons. The van der Waals surface area contributed by atoms with Gasteiger partial charge in [0.25, 0.3) is 5.91 Å². The van der Waals surface area contributed by atoms with Gasteiger partial charge < -0.3 is 8.94 Å². The average Bonchev–Trinajstić information content (AvgIpc) is 3.26. The van der Waals surface area contributed by atoms with Crippen LogP contribution in [0.1, 0.15) is 44.6 Å². The minimum Gasteiger partial charge on any atom is -0.450 e. The summed E-state index contributed by atoms with van der Waals surface area (Å²) in [6, 6.07) is 10.0. The Morgan fingerprint density at radius 2 is 1.70 bits per heavy atom. The molecule has 1 atom stereocenters. The van der Waals surface area contributed by atoms with E-state index in [0.29, 0.717) is 22.3 Å². The minimum atomic E-state index is -0.806. The Labute approximate surface area is 170 Å². The number of carbonyl (C=O) groups is 1. The van der Waals surface area contributed by atoms with E-state index in [2.05, 4.69) is 5.16 Å². The molecule has 7 heteroatoms. The maximum atomic E-state index is 13.6. The summed E-state index contributed by atoms with van der Waals surface area (Å²) >= 11 is 0. The first-order valence-corrected chi connectivity index (χ1v) is 9.45. The molecule has 4 aromatic rings. The summed E-state index contributed by atoms with van der Waals surface area (Å²) in [7, 11) is 0. The van der Waals surface area contributed by atoms with Crippen molar-refractivity contribution in [2.75, 3.05) is 4.90 Å². The lowest BCUT2D eigenvalue weighted by Crippen LogP contribution is -2.29. The predicted molar refractivity (Wildman–Crippen MR) is 108 cm³/mol. The van der Waals surface area contributed by atoms with Crippen molar-refractivity contribution in [2.45, 2.75) is 26.8 Å². The van der Waals surface area contributed by atoms with Crippen molar-refractivity contribution in [3.63, 3.8) is 0 Å². The Hall–Kier alpha value is -3.74. The van der Waals surface area contributed by atoms with E-state index in [-0.39, 0.29) is 22.6 Å². The highest BCUT2D eigenvalue weighted by atomic mass is 19.1. The average molecular weight is 404 g/mol. The van der Waals surface area contributed by atoms with E-state index in [1.54, 1.807) is 37.3 Å². The van der Waals surface area contributed by atoms with Crippen LogP contribution in [0.25, 0.3) is 11.0 Å². The standard InChI is InChI=1S/C23H17FN2O4/c1-11-8-16-17(9-12(11)2)29-22-19(21(16)27)20(14-4-6-15(24)7-5-14)26(23(22)28)18-10-13(3)30-25-18/h4-10,20H,1-3H3/t20-/m1/s1. The van der Waals surface area contributed by atoms with Crippen molar-refractivity contribution >= 4 is 22.7 Å². The second kappa shape index (κ2) is 6.38. The zero-order chi connectivity index (χ0) is 21.2. The van der Waals surface area contributed by atoms with Crippen LogP contribution in [0.4, 0.5) is 10.2 Å². The van der Waals surface area contributed by atoms with Crippen LogP contribution in [0.3, 0.4) is 0 Å². The summed E-state index contributed by atoms with van der Waals surface area (Å²) in [5, 5.41) is 4.36. The van der Waals surface area contributed by atoms with E-state index in [1.807, 2.05) is 13.8 Å². The van der Waals surface area contributed by atoms with Gasteiger partial charge >= 0.3 is 0 Å². The van der Waals surface area contributed by atoms with Gasteiger partial charge in [-0.1, -0.05) is 17.3 Å². The molecule has 5 rings (SSSR count). The number of amides is 1. The molecule has 0 N–H and O–H groups in total. The zero-order valence-electron chi connectivity index (χ0n) is 16.5. The third kappa shape index (κ3) is 2.58. The van der Waals surface area contributed by atoms with E-state index >= 15 is 0 Å². The van der Waals surface area contributed by atoms with Gasteiger partial charge in [-0.15, -0.1) is 0 Å². The molecule has 6 nitrogen and oxygen atoms in total. The van der Waals surface area contributed by atoms with Crippen LogP contribution in [0.5, 0.6) is 0 Å². The second-order valence-corrected chi connectivity index (χ2v) is 7.53. The number of benzene rings is 2. The molecular formula is C23H17FN2O4. The highest BCUT2D eigenvalue weighted by Gasteiger charge is 2.44. The third-order valence-corrected chi connectivity index (χ3v) is 5.53. The summed E-state index contributed by atoms with van der Waals surface area (Å²) in [5.74, 6) is -0.171. The fourth-order valence-corrected chi connectivity index (χ4v) is 3.89. The number of hydrogen-bond donors (Lipinski definition) is 0.